The SMILES string of the molecule is CC[C@]1(C)Cc2c(sc3nc(S[C@H](C)C(=O)OC)n(-c4ccccc4)c(=O)c23)CO1. The average molecular weight is 445 g/mol. The van der Waals surface area contributed by atoms with Crippen LogP contribution in [0.4, 0.5) is 0 Å². The van der Waals surface area contributed by atoms with E-state index in [1.54, 1.807) is 11.5 Å². The number of rotatable bonds is 5. The number of carbonyl (C=O) groups is 1. The van der Waals surface area contributed by atoms with Gasteiger partial charge >= 0.3 is 5.97 Å². The largest absolute Gasteiger partial charge is 0.468 e. The summed E-state index contributed by atoms with van der Waals surface area (Å²) in [6.45, 7) is 6.43. The van der Waals surface area contributed by atoms with E-state index in [4.69, 9.17) is 14.5 Å². The van der Waals surface area contributed by atoms with Gasteiger partial charge in [-0.05, 0) is 38.0 Å². The van der Waals surface area contributed by atoms with Crippen molar-refractivity contribution in [2.75, 3.05) is 7.11 Å². The van der Waals surface area contributed by atoms with Gasteiger partial charge in [-0.15, -0.1) is 11.3 Å². The summed E-state index contributed by atoms with van der Waals surface area (Å²) < 4.78 is 12.5. The molecule has 1 aliphatic rings. The second kappa shape index (κ2) is 8.17. The van der Waals surface area contributed by atoms with Crippen LogP contribution >= 0.6 is 23.1 Å². The summed E-state index contributed by atoms with van der Waals surface area (Å²) in [4.78, 5) is 32.3. The van der Waals surface area contributed by atoms with Gasteiger partial charge in [0, 0.05) is 11.3 Å². The Morgan fingerprint density at radius 1 is 1.40 bits per heavy atom. The first-order valence-electron chi connectivity index (χ1n) is 9.88. The molecule has 3 heterocycles. The van der Waals surface area contributed by atoms with Crippen molar-refractivity contribution in [1.29, 1.82) is 0 Å². The average Bonchev–Trinajstić information content (AvgIpc) is 3.11. The molecule has 30 heavy (non-hydrogen) atoms. The van der Waals surface area contributed by atoms with Crippen LogP contribution in [0.5, 0.6) is 0 Å². The number of fused-ring (bicyclic) bond motifs is 3. The van der Waals surface area contributed by atoms with Gasteiger partial charge in [0.25, 0.3) is 5.56 Å². The first kappa shape index (κ1) is 21.1. The zero-order valence-corrected chi connectivity index (χ0v) is 19.1. The van der Waals surface area contributed by atoms with Gasteiger partial charge in [-0.2, -0.15) is 0 Å². The quantitative estimate of drug-likeness (QED) is 0.331. The van der Waals surface area contributed by atoms with Crippen molar-refractivity contribution in [3.05, 3.63) is 51.1 Å². The lowest BCUT2D eigenvalue weighted by molar-refractivity contribution is -0.139. The van der Waals surface area contributed by atoms with Crippen LogP contribution in [0.25, 0.3) is 15.9 Å². The summed E-state index contributed by atoms with van der Waals surface area (Å²) in [5.41, 5.74) is 1.38. The molecule has 3 aromatic rings. The van der Waals surface area contributed by atoms with Crippen molar-refractivity contribution in [3.8, 4) is 5.69 Å². The Bertz CT molecular complexity index is 1160. The number of hydrogen-bond donors (Lipinski definition) is 0. The third-order valence-electron chi connectivity index (χ3n) is 5.56. The lowest BCUT2D eigenvalue weighted by Crippen LogP contribution is -2.34. The molecule has 0 amide bonds. The molecule has 0 spiro atoms. The first-order chi connectivity index (χ1) is 14.4. The molecule has 0 saturated heterocycles. The molecule has 0 unspecified atom stereocenters. The fourth-order valence-corrected chi connectivity index (χ4v) is 5.68. The Morgan fingerprint density at radius 2 is 2.13 bits per heavy atom. The molecule has 158 valence electrons. The van der Waals surface area contributed by atoms with Crippen LogP contribution < -0.4 is 5.56 Å². The number of esters is 1. The second-order valence-corrected chi connectivity index (χ2v) is 10.00. The van der Waals surface area contributed by atoms with E-state index in [2.05, 4.69) is 13.8 Å². The molecular weight excluding hydrogens is 420 g/mol. The predicted octanol–water partition coefficient (Wildman–Crippen LogP) is 4.34. The fourth-order valence-electron chi connectivity index (χ4n) is 3.58. The fraction of sp³-hybridized carbons (Fsp3) is 0.409. The maximum atomic E-state index is 13.8. The number of thioether (sulfide) groups is 1. The van der Waals surface area contributed by atoms with Crippen LogP contribution in [0.3, 0.4) is 0 Å². The molecule has 0 bridgehead atoms. The maximum Gasteiger partial charge on any atom is 0.318 e. The van der Waals surface area contributed by atoms with E-state index in [0.717, 1.165) is 22.5 Å². The molecule has 0 aliphatic carbocycles. The molecule has 0 radical (unpaired) electrons. The van der Waals surface area contributed by atoms with Gasteiger partial charge in [-0.1, -0.05) is 36.9 Å². The number of hydrogen-bond acceptors (Lipinski definition) is 7. The number of aromatic nitrogens is 2. The number of nitrogens with zero attached hydrogens (tertiary/aromatic N) is 2. The summed E-state index contributed by atoms with van der Waals surface area (Å²) in [5.74, 6) is -0.355. The number of para-hydroxylation sites is 1. The maximum absolute atomic E-state index is 13.8. The minimum atomic E-state index is -0.490. The minimum Gasteiger partial charge on any atom is -0.468 e. The van der Waals surface area contributed by atoms with E-state index in [0.29, 0.717) is 28.4 Å². The first-order valence-corrected chi connectivity index (χ1v) is 11.6. The van der Waals surface area contributed by atoms with E-state index in [-0.39, 0.29) is 17.1 Å². The molecule has 1 aromatic carbocycles. The van der Waals surface area contributed by atoms with E-state index < -0.39 is 5.25 Å². The van der Waals surface area contributed by atoms with Crippen molar-refractivity contribution in [1.82, 2.24) is 9.55 Å². The third-order valence-corrected chi connectivity index (χ3v) is 7.69. The van der Waals surface area contributed by atoms with Gasteiger partial charge in [0.05, 0.1) is 30.4 Å². The monoisotopic (exact) mass is 444 g/mol. The molecule has 0 N–H and O–H groups in total. The summed E-state index contributed by atoms with van der Waals surface area (Å²) in [7, 11) is 1.36. The van der Waals surface area contributed by atoms with Crippen molar-refractivity contribution >= 4 is 39.3 Å². The number of ether oxygens (including phenoxy) is 2. The van der Waals surface area contributed by atoms with Crippen LogP contribution in [0.1, 0.15) is 37.6 Å². The summed E-state index contributed by atoms with van der Waals surface area (Å²) >= 11 is 2.74. The summed E-state index contributed by atoms with van der Waals surface area (Å²) in [6, 6.07) is 9.42. The van der Waals surface area contributed by atoms with Gasteiger partial charge in [0.15, 0.2) is 5.16 Å². The lowest BCUT2D eigenvalue weighted by Gasteiger charge is -2.32. The minimum absolute atomic E-state index is 0.108. The Kier molecular flexibility index (Phi) is 5.74. The highest BCUT2D eigenvalue weighted by Gasteiger charge is 2.34. The Hall–Kier alpha value is -2.16. The van der Waals surface area contributed by atoms with E-state index in [1.165, 1.54) is 30.2 Å². The van der Waals surface area contributed by atoms with Crippen LogP contribution in [-0.4, -0.2) is 33.5 Å². The van der Waals surface area contributed by atoms with Gasteiger partial charge in [0.2, 0.25) is 0 Å². The van der Waals surface area contributed by atoms with E-state index in [9.17, 15) is 9.59 Å². The summed E-state index contributed by atoms with van der Waals surface area (Å²) in [6.07, 6.45) is 1.56. The number of thiophene rings is 1. The highest BCUT2D eigenvalue weighted by atomic mass is 32.2. The third kappa shape index (κ3) is 3.68. The molecule has 8 heteroatoms. The zero-order valence-electron chi connectivity index (χ0n) is 17.4. The number of benzene rings is 1. The molecule has 6 nitrogen and oxygen atoms in total. The normalized spacial score (nSPS) is 19.5. The highest BCUT2D eigenvalue weighted by molar-refractivity contribution is 8.00. The van der Waals surface area contributed by atoms with Crippen LogP contribution in [0, 0.1) is 0 Å². The smallest absolute Gasteiger partial charge is 0.318 e. The predicted molar refractivity (Wildman–Crippen MR) is 120 cm³/mol. The van der Waals surface area contributed by atoms with Gasteiger partial charge in [-0.3, -0.25) is 14.2 Å². The van der Waals surface area contributed by atoms with E-state index in [1.807, 2.05) is 30.3 Å². The van der Waals surface area contributed by atoms with Crippen molar-refractivity contribution in [2.45, 2.75) is 56.2 Å². The van der Waals surface area contributed by atoms with Gasteiger partial charge < -0.3 is 9.47 Å². The highest BCUT2D eigenvalue weighted by Crippen LogP contribution is 2.39. The Labute approximate surface area is 183 Å². The van der Waals surface area contributed by atoms with E-state index >= 15 is 0 Å². The summed E-state index contributed by atoms with van der Waals surface area (Å²) in [5, 5.41) is 0.655. The molecule has 2 aromatic heterocycles. The van der Waals surface area contributed by atoms with Gasteiger partial charge in [-0.25, -0.2) is 4.98 Å². The Balaban J connectivity index is 1.94. The standard InChI is InChI=1S/C22H24N2O4S2/c1-5-22(3)11-15-16(12-28-22)30-18-17(15)19(25)24(14-9-7-6-8-10-14)21(23-18)29-13(2)20(26)27-4/h6-10,13H,5,11-12H2,1-4H3/t13-,22-/m1/s1. The molecule has 1 aliphatic heterocycles. The number of methoxy groups -OCH3 is 1. The number of carbonyl (C=O) groups excluding carboxylic acids is 1. The topological polar surface area (TPSA) is 70.4 Å². The van der Waals surface area contributed by atoms with Crippen molar-refractivity contribution < 1.29 is 14.3 Å². The van der Waals surface area contributed by atoms with Crippen LogP contribution in [0.15, 0.2) is 40.3 Å². The van der Waals surface area contributed by atoms with Crippen molar-refractivity contribution in [2.24, 2.45) is 0 Å². The van der Waals surface area contributed by atoms with Crippen LogP contribution in [0.2, 0.25) is 0 Å². The van der Waals surface area contributed by atoms with Gasteiger partial charge in [0.1, 0.15) is 10.1 Å². The zero-order chi connectivity index (χ0) is 21.5. The molecule has 2 atom stereocenters. The molecular formula is C22H24N2O4S2. The van der Waals surface area contributed by atoms with Crippen LogP contribution in [-0.2, 0) is 27.3 Å². The second-order valence-electron chi connectivity index (χ2n) is 7.61. The van der Waals surface area contributed by atoms with Crippen molar-refractivity contribution in [3.63, 3.8) is 0 Å². The molecule has 0 fully saturated rings. The Morgan fingerprint density at radius 3 is 2.80 bits per heavy atom. The lowest BCUT2D eigenvalue weighted by atomic mass is 9.90. The molecule has 4 rings (SSSR count). The molecule has 0 saturated carbocycles.